The molecule has 214 valence electrons. The van der Waals surface area contributed by atoms with Gasteiger partial charge in [0.05, 0.1) is 0 Å². The number of halogens is 1. The molecule has 0 spiro atoms. The Bertz CT molecular complexity index is 1680. The zero-order valence-corrected chi connectivity index (χ0v) is 25.5. The van der Waals surface area contributed by atoms with Crippen LogP contribution in [-0.2, 0) is 11.3 Å². The molecular formula is C31H31AsFN7O2. The number of nitrogens with zero attached hydrogens (tertiary/aromatic N) is 6. The average Bonchev–Trinajstić information content (AvgIpc) is 3.62. The molecule has 11 heteroatoms. The maximum atomic E-state index is 15.5. The number of nitriles is 1. The van der Waals surface area contributed by atoms with E-state index >= 15 is 4.39 Å². The number of amides is 1. The molecule has 2 aliphatic rings. The van der Waals surface area contributed by atoms with Crippen molar-refractivity contribution < 1.29 is 13.9 Å². The fourth-order valence-electron chi connectivity index (χ4n) is 5.78. The van der Waals surface area contributed by atoms with Crippen LogP contribution < -0.4 is 14.5 Å². The monoisotopic (exact) mass is 627 g/mol. The molecule has 6 rings (SSSR count). The summed E-state index contributed by atoms with van der Waals surface area (Å²) in [4.78, 5) is 24.2. The number of hydrogen-bond acceptors (Lipinski definition) is 7. The Morgan fingerprint density at radius 3 is 2.79 bits per heavy atom. The number of benzene rings is 2. The van der Waals surface area contributed by atoms with Crippen molar-refractivity contribution in [3.05, 3.63) is 72.3 Å². The normalized spacial score (nSPS) is 19.2. The molecule has 3 atom stereocenters. The third-order valence-corrected chi connectivity index (χ3v) is 8.76. The molecule has 4 aromatic rings. The minimum atomic E-state index is -0.468. The van der Waals surface area contributed by atoms with E-state index in [1.165, 1.54) is 29.2 Å². The Hall–Kier alpha value is -4.06. The molecule has 42 heavy (non-hydrogen) atoms. The molecule has 2 aliphatic heterocycles. The van der Waals surface area contributed by atoms with Gasteiger partial charge in [0.1, 0.15) is 0 Å². The van der Waals surface area contributed by atoms with E-state index in [4.69, 9.17) is 9.84 Å². The van der Waals surface area contributed by atoms with Crippen LogP contribution in [-0.4, -0.2) is 73.1 Å². The number of fused-ring (bicyclic) bond motifs is 1. The number of likely N-dealkylation sites (tertiary alicyclic amines) is 1. The van der Waals surface area contributed by atoms with E-state index in [2.05, 4.69) is 21.4 Å². The number of rotatable bonds is 7. The summed E-state index contributed by atoms with van der Waals surface area (Å²) in [5, 5.41) is 18.7. The van der Waals surface area contributed by atoms with Crippen molar-refractivity contribution in [2.24, 2.45) is 5.92 Å². The van der Waals surface area contributed by atoms with Crippen LogP contribution in [0.2, 0.25) is 0 Å². The number of hydrogen-bond donors (Lipinski definition) is 1. The first-order valence-corrected chi connectivity index (χ1v) is 15.4. The number of aromatic nitrogens is 4. The van der Waals surface area contributed by atoms with Gasteiger partial charge in [-0.15, -0.1) is 0 Å². The second kappa shape index (κ2) is 12.4. The van der Waals surface area contributed by atoms with Crippen molar-refractivity contribution in [3.8, 4) is 28.8 Å². The number of piperidine rings is 1. The van der Waals surface area contributed by atoms with E-state index in [-0.39, 0.29) is 23.4 Å². The van der Waals surface area contributed by atoms with Crippen LogP contribution in [0.4, 0.5) is 4.39 Å². The molecule has 0 radical (unpaired) electrons. The quantitative estimate of drug-likeness (QED) is 0.191. The third kappa shape index (κ3) is 5.80. The van der Waals surface area contributed by atoms with E-state index < -0.39 is 5.82 Å². The molecule has 2 unspecified atom stereocenters. The van der Waals surface area contributed by atoms with Gasteiger partial charge in [-0.2, -0.15) is 0 Å². The van der Waals surface area contributed by atoms with Crippen LogP contribution in [0.15, 0.2) is 66.5 Å². The van der Waals surface area contributed by atoms with Gasteiger partial charge in [0, 0.05) is 0 Å². The summed E-state index contributed by atoms with van der Waals surface area (Å²) in [6.07, 6.45) is 6.92. The van der Waals surface area contributed by atoms with E-state index in [0.29, 0.717) is 46.9 Å². The van der Waals surface area contributed by atoms with Crippen molar-refractivity contribution in [2.75, 3.05) is 19.6 Å². The molecule has 0 saturated carbocycles. The van der Waals surface area contributed by atoms with Gasteiger partial charge in [-0.25, -0.2) is 0 Å². The molecule has 2 fully saturated rings. The zero-order valence-electron chi connectivity index (χ0n) is 23.0. The summed E-state index contributed by atoms with van der Waals surface area (Å²) in [5.74, 6) is 0.471. The third-order valence-electron chi connectivity index (χ3n) is 7.84. The van der Waals surface area contributed by atoms with Crippen molar-refractivity contribution >= 4 is 38.3 Å². The Labute approximate surface area is 251 Å². The number of para-hydroxylation sites is 1. The fourth-order valence-corrected chi connectivity index (χ4v) is 6.48. The summed E-state index contributed by atoms with van der Waals surface area (Å²) < 4.78 is 23.8. The van der Waals surface area contributed by atoms with Gasteiger partial charge in [-0.3, -0.25) is 0 Å². The first-order chi connectivity index (χ1) is 20.5. The van der Waals surface area contributed by atoms with Gasteiger partial charge in [-0.1, -0.05) is 0 Å². The van der Waals surface area contributed by atoms with Gasteiger partial charge in [0.15, 0.2) is 0 Å². The molecule has 1 N–H and O–H groups in total. The molecule has 4 heterocycles. The Kier molecular flexibility index (Phi) is 8.31. The standard InChI is InChI=1S/C31H31AsFN7O2/c32-29-27-28(25-11-10-24(15-26(25)33)42-23-8-2-1-3-9-23)38-40(30(27)37-19-36-29)18-22-7-5-13-39(22)31(41)21(16-34)14-20-6-4-12-35-17-20/h1-3,8-11,14-15,19-20,22,35H,4-7,12-13,17-18,32H2/b21-14+/t20?,22-/m1/s1. The van der Waals surface area contributed by atoms with Crippen LogP contribution in [0, 0.1) is 23.1 Å². The summed E-state index contributed by atoms with van der Waals surface area (Å²) in [6.45, 7) is 2.70. The Morgan fingerprint density at radius 1 is 1.17 bits per heavy atom. The predicted molar refractivity (Wildman–Crippen MR) is 159 cm³/mol. The average molecular weight is 628 g/mol. The fraction of sp³-hybridized carbons (Fsp3) is 0.323. The van der Waals surface area contributed by atoms with E-state index in [9.17, 15) is 10.1 Å². The van der Waals surface area contributed by atoms with Gasteiger partial charge >= 0.3 is 234 Å². The van der Waals surface area contributed by atoms with Crippen molar-refractivity contribution in [1.82, 2.24) is 30.0 Å². The van der Waals surface area contributed by atoms with Crippen LogP contribution in [0.5, 0.6) is 11.5 Å². The van der Waals surface area contributed by atoms with Gasteiger partial charge in [0.2, 0.25) is 0 Å². The number of nitrogens with one attached hydrogen (secondary N) is 1. The van der Waals surface area contributed by atoms with E-state index in [1.807, 2.05) is 36.4 Å². The zero-order chi connectivity index (χ0) is 29.1. The molecule has 0 aliphatic carbocycles. The van der Waals surface area contributed by atoms with Gasteiger partial charge in [0.25, 0.3) is 0 Å². The minimum absolute atomic E-state index is 0.165. The van der Waals surface area contributed by atoms with Crippen LogP contribution in [0.3, 0.4) is 0 Å². The van der Waals surface area contributed by atoms with Crippen LogP contribution in [0.25, 0.3) is 22.3 Å². The van der Waals surface area contributed by atoms with Gasteiger partial charge in [-0.05, 0) is 13.0 Å². The first-order valence-electron chi connectivity index (χ1n) is 14.1. The van der Waals surface area contributed by atoms with E-state index in [1.54, 1.807) is 21.7 Å². The number of carbonyl (C=O) groups is 1. The summed E-state index contributed by atoms with van der Waals surface area (Å²) in [6, 6.07) is 15.9. The molecule has 0 bridgehead atoms. The maximum absolute atomic E-state index is 15.5. The second-order valence-electron chi connectivity index (χ2n) is 10.6. The Balaban J connectivity index is 1.28. The van der Waals surface area contributed by atoms with Crippen molar-refractivity contribution in [2.45, 2.75) is 38.3 Å². The molecular weight excluding hydrogens is 596 g/mol. The Morgan fingerprint density at radius 2 is 2.02 bits per heavy atom. The summed E-state index contributed by atoms with van der Waals surface area (Å²) in [5.41, 5.74) is 1.56. The molecule has 2 saturated heterocycles. The number of ether oxygens (including phenoxy) is 1. The molecule has 1 amide bonds. The van der Waals surface area contributed by atoms with Crippen LogP contribution >= 0.6 is 0 Å². The SMILES string of the molecule is N#C/C(=C\C1CCCNC1)C(=O)N1CCC[C@@H]1Cn1nc(-c2ccc(Oc3ccccc3)cc2F)c2c([AsH2])ncnc21. The van der Waals surface area contributed by atoms with Crippen LogP contribution in [0.1, 0.15) is 25.7 Å². The topological polar surface area (TPSA) is 109 Å². The molecule has 9 nitrogen and oxygen atoms in total. The first kappa shape index (κ1) is 28.1. The predicted octanol–water partition coefficient (Wildman–Crippen LogP) is 3.12. The van der Waals surface area contributed by atoms with Crippen molar-refractivity contribution in [3.63, 3.8) is 0 Å². The van der Waals surface area contributed by atoms with E-state index in [0.717, 1.165) is 43.3 Å². The molecule has 2 aromatic carbocycles. The molecule has 2 aromatic heterocycles. The van der Waals surface area contributed by atoms with Crippen molar-refractivity contribution in [1.29, 1.82) is 5.26 Å². The van der Waals surface area contributed by atoms with Gasteiger partial charge < -0.3 is 5.32 Å². The summed E-state index contributed by atoms with van der Waals surface area (Å²) in [7, 11) is 0. The number of carbonyl (C=O) groups excluding carboxylic acids is 1. The summed E-state index contributed by atoms with van der Waals surface area (Å²) >= 11 is 1.30. The second-order valence-corrected chi connectivity index (χ2v) is 11.8.